The zero-order valence-corrected chi connectivity index (χ0v) is 13.4. The predicted octanol–water partition coefficient (Wildman–Crippen LogP) is 3.80. The number of ether oxygens (including phenoxy) is 3. The molecule has 2 aromatic carbocycles. The average molecular weight is 300 g/mol. The van der Waals surface area contributed by atoms with E-state index in [0.29, 0.717) is 29.2 Å². The van der Waals surface area contributed by atoms with Crippen molar-refractivity contribution in [1.29, 1.82) is 0 Å². The first-order chi connectivity index (χ1) is 10.6. The lowest BCUT2D eigenvalue weighted by atomic mass is 9.94. The van der Waals surface area contributed by atoms with Gasteiger partial charge in [-0.05, 0) is 31.5 Å². The summed E-state index contributed by atoms with van der Waals surface area (Å²) in [4.78, 5) is 11.5. The van der Waals surface area contributed by atoms with Crippen LogP contribution < -0.4 is 14.2 Å². The minimum absolute atomic E-state index is 0.563. The Morgan fingerprint density at radius 3 is 2.27 bits per heavy atom. The van der Waals surface area contributed by atoms with Crippen LogP contribution in [0.4, 0.5) is 0 Å². The van der Waals surface area contributed by atoms with E-state index >= 15 is 0 Å². The maximum Gasteiger partial charge on any atom is 0.150 e. The fraction of sp³-hybridized carbons (Fsp3) is 0.278. The first-order valence-electron chi connectivity index (χ1n) is 6.91. The van der Waals surface area contributed by atoms with Gasteiger partial charge in [-0.1, -0.05) is 12.2 Å². The van der Waals surface area contributed by atoms with Gasteiger partial charge in [0.05, 0.1) is 26.7 Å². The molecule has 0 fully saturated rings. The van der Waals surface area contributed by atoms with Crippen molar-refractivity contribution < 1.29 is 19.0 Å². The zero-order chi connectivity index (χ0) is 16.3. The average Bonchev–Trinajstić information content (AvgIpc) is 2.52. The molecule has 0 aliphatic carbocycles. The van der Waals surface area contributed by atoms with Crippen molar-refractivity contribution in [3.63, 3.8) is 0 Å². The number of methoxy groups -OCH3 is 3. The molecule has 0 radical (unpaired) electrons. The number of rotatable bonds is 6. The lowest BCUT2D eigenvalue weighted by Gasteiger charge is -2.18. The van der Waals surface area contributed by atoms with Gasteiger partial charge in [0.15, 0.2) is 6.29 Å². The van der Waals surface area contributed by atoms with Crippen LogP contribution in [0, 0.1) is 0 Å². The van der Waals surface area contributed by atoms with Crippen LogP contribution in [0.25, 0.3) is 10.8 Å². The molecule has 0 aromatic heterocycles. The van der Waals surface area contributed by atoms with Crippen LogP contribution in [-0.4, -0.2) is 27.6 Å². The van der Waals surface area contributed by atoms with Gasteiger partial charge in [0.1, 0.15) is 17.2 Å². The second-order valence-electron chi connectivity index (χ2n) is 5.12. The second-order valence-corrected chi connectivity index (χ2v) is 5.12. The number of carbonyl (C=O) groups excluding carboxylic acids is 1. The molecule has 0 amide bonds. The minimum Gasteiger partial charge on any atom is -0.496 e. The summed E-state index contributed by atoms with van der Waals surface area (Å²) in [5.74, 6) is 1.96. The minimum atomic E-state index is 0.563. The van der Waals surface area contributed by atoms with E-state index in [0.717, 1.165) is 28.2 Å². The van der Waals surface area contributed by atoms with E-state index in [1.54, 1.807) is 21.3 Å². The molecule has 0 saturated heterocycles. The van der Waals surface area contributed by atoms with Gasteiger partial charge in [0, 0.05) is 16.5 Å². The van der Waals surface area contributed by atoms with E-state index in [-0.39, 0.29) is 0 Å². The topological polar surface area (TPSA) is 44.8 Å². The summed E-state index contributed by atoms with van der Waals surface area (Å²) in [6.45, 7) is 5.85. The third-order valence-corrected chi connectivity index (χ3v) is 3.57. The van der Waals surface area contributed by atoms with E-state index in [9.17, 15) is 4.79 Å². The number of hydrogen-bond acceptors (Lipinski definition) is 4. The van der Waals surface area contributed by atoms with Crippen LogP contribution in [0.15, 0.2) is 30.4 Å². The highest BCUT2D eigenvalue weighted by atomic mass is 16.5. The smallest absolute Gasteiger partial charge is 0.150 e. The summed E-state index contributed by atoms with van der Waals surface area (Å²) in [5.41, 5.74) is 2.32. The molecule has 0 aliphatic rings. The largest absolute Gasteiger partial charge is 0.496 e. The van der Waals surface area contributed by atoms with Gasteiger partial charge in [-0.3, -0.25) is 4.79 Å². The Labute approximate surface area is 130 Å². The van der Waals surface area contributed by atoms with E-state index < -0.39 is 0 Å². The quantitative estimate of drug-likeness (QED) is 0.601. The second kappa shape index (κ2) is 6.52. The molecule has 2 rings (SSSR count). The van der Waals surface area contributed by atoms with E-state index in [2.05, 4.69) is 6.58 Å². The maximum absolute atomic E-state index is 11.5. The summed E-state index contributed by atoms with van der Waals surface area (Å²) >= 11 is 0. The molecular formula is C18H20O4. The normalized spacial score (nSPS) is 10.4. The summed E-state index contributed by atoms with van der Waals surface area (Å²) in [6, 6.07) is 5.45. The number of aldehydes is 1. The van der Waals surface area contributed by atoms with Crippen LogP contribution >= 0.6 is 0 Å². The highest BCUT2D eigenvalue weighted by Gasteiger charge is 2.19. The molecule has 22 heavy (non-hydrogen) atoms. The Balaban J connectivity index is 2.96. The molecular weight excluding hydrogens is 280 g/mol. The highest BCUT2D eigenvalue weighted by Crippen LogP contribution is 2.43. The summed E-state index contributed by atoms with van der Waals surface area (Å²) in [6.07, 6.45) is 1.40. The number of fused-ring (bicyclic) bond motifs is 1. The Kier molecular flexibility index (Phi) is 4.71. The summed E-state index contributed by atoms with van der Waals surface area (Å²) in [7, 11) is 4.78. The number of allylic oxidation sites excluding steroid dienone is 1. The monoisotopic (exact) mass is 300 g/mol. The first-order valence-corrected chi connectivity index (χ1v) is 6.91. The molecule has 0 spiro atoms. The van der Waals surface area contributed by atoms with Crippen LogP contribution in [-0.2, 0) is 6.42 Å². The van der Waals surface area contributed by atoms with Crippen LogP contribution in [0.5, 0.6) is 17.2 Å². The molecule has 0 heterocycles. The molecule has 0 saturated carbocycles. The molecule has 0 N–H and O–H groups in total. The van der Waals surface area contributed by atoms with Gasteiger partial charge < -0.3 is 14.2 Å². The van der Waals surface area contributed by atoms with Crippen molar-refractivity contribution >= 4 is 17.1 Å². The zero-order valence-electron chi connectivity index (χ0n) is 13.4. The van der Waals surface area contributed by atoms with Crippen molar-refractivity contribution in [1.82, 2.24) is 0 Å². The molecule has 4 nitrogen and oxygen atoms in total. The van der Waals surface area contributed by atoms with E-state index in [4.69, 9.17) is 14.2 Å². The Bertz CT molecular complexity index is 732. The fourth-order valence-corrected chi connectivity index (χ4v) is 2.65. The SMILES string of the molecule is C=C(C)Cc1c(C=O)cc2c(OC)ccc(OC)c2c1OC. The fourth-order valence-electron chi connectivity index (χ4n) is 2.65. The lowest BCUT2D eigenvalue weighted by molar-refractivity contribution is 0.112. The molecule has 4 heteroatoms. The van der Waals surface area contributed by atoms with E-state index in [1.807, 2.05) is 25.1 Å². The molecule has 0 unspecified atom stereocenters. The van der Waals surface area contributed by atoms with E-state index in [1.165, 1.54) is 0 Å². The predicted molar refractivity (Wildman–Crippen MR) is 87.5 cm³/mol. The van der Waals surface area contributed by atoms with Crippen molar-refractivity contribution in [2.45, 2.75) is 13.3 Å². The molecule has 116 valence electrons. The third kappa shape index (κ3) is 2.64. The maximum atomic E-state index is 11.5. The molecule has 0 atom stereocenters. The lowest BCUT2D eigenvalue weighted by Crippen LogP contribution is -2.02. The van der Waals surface area contributed by atoms with Gasteiger partial charge in [-0.2, -0.15) is 0 Å². The van der Waals surface area contributed by atoms with Crippen molar-refractivity contribution in [2.24, 2.45) is 0 Å². The van der Waals surface area contributed by atoms with Gasteiger partial charge in [-0.15, -0.1) is 0 Å². The number of carbonyl (C=O) groups is 1. The Hall–Kier alpha value is -2.49. The Morgan fingerprint density at radius 1 is 1.14 bits per heavy atom. The van der Waals surface area contributed by atoms with Crippen molar-refractivity contribution in [3.8, 4) is 17.2 Å². The summed E-state index contributed by atoms with van der Waals surface area (Å²) < 4.78 is 16.5. The molecule has 0 bridgehead atoms. The standard InChI is InChI=1S/C18H20O4/c1-11(2)8-13-12(10-19)9-14-15(20-3)6-7-16(21-4)17(14)18(13)22-5/h6-7,9-10H,1,8H2,2-5H3. The van der Waals surface area contributed by atoms with Crippen LogP contribution in [0.3, 0.4) is 0 Å². The number of hydrogen-bond donors (Lipinski definition) is 0. The van der Waals surface area contributed by atoms with Crippen molar-refractivity contribution in [2.75, 3.05) is 21.3 Å². The third-order valence-electron chi connectivity index (χ3n) is 3.57. The van der Waals surface area contributed by atoms with Crippen LogP contribution in [0.1, 0.15) is 22.8 Å². The van der Waals surface area contributed by atoms with Gasteiger partial charge in [0.25, 0.3) is 0 Å². The first kappa shape index (κ1) is 15.9. The molecule has 2 aromatic rings. The van der Waals surface area contributed by atoms with Gasteiger partial charge in [0.2, 0.25) is 0 Å². The van der Waals surface area contributed by atoms with Crippen LogP contribution in [0.2, 0.25) is 0 Å². The highest BCUT2D eigenvalue weighted by molar-refractivity contribution is 6.02. The Morgan fingerprint density at radius 2 is 1.77 bits per heavy atom. The summed E-state index contributed by atoms with van der Waals surface area (Å²) in [5, 5.41) is 1.58. The van der Waals surface area contributed by atoms with Crippen molar-refractivity contribution in [3.05, 3.63) is 41.5 Å². The van der Waals surface area contributed by atoms with Gasteiger partial charge >= 0.3 is 0 Å². The number of benzene rings is 2. The molecule has 0 aliphatic heterocycles. The van der Waals surface area contributed by atoms with Gasteiger partial charge in [-0.25, -0.2) is 0 Å².